The van der Waals surface area contributed by atoms with Gasteiger partial charge in [-0.1, -0.05) is 30.3 Å². The van der Waals surface area contributed by atoms with Crippen LogP contribution in [0.4, 0.5) is 26.3 Å². The van der Waals surface area contributed by atoms with Gasteiger partial charge in [0, 0.05) is 11.5 Å². The first kappa shape index (κ1) is 25.6. The van der Waals surface area contributed by atoms with Crippen LogP contribution in [0.1, 0.15) is 42.3 Å². The number of rotatable bonds is 5. The van der Waals surface area contributed by atoms with Crippen LogP contribution in [0.5, 0.6) is 11.5 Å². The fourth-order valence-electron chi connectivity index (χ4n) is 4.69. The van der Waals surface area contributed by atoms with Crippen molar-refractivity contribution in [3.8, 4) is 11.5 Å². The fraction of sp³-hybridized carbons (Fsp3) is 0.455. The third kappa shape index (κ3) is 5.51. The second kappa shape index (κ2) is 9.17. The molecule has 0 aliphatic carbocycles. The molecule has 2 heterocycles. The molecule has 2 fully saturated rings. The first-order valence-electron chi connectivity index (χ1n) is 10.6. The SMILES string of the molecule is O=S(=O)(Oc1ccc(OC(F)(F)F)cc1[C@H]1CO[C@]2(CCCN[C@H]2c2ccccc2)C1)C(F)(F)F. The normalized spacial score (nSPS) is 25.5. The van der Waals surface area contributed by atoms with Crippen LogP contribution in [0.3, 0.4) is 0 Å². The fourth-order valence-corrected chi connectivity index (χ4v) is 5.17. The highest BCUT2D eigenvalue weighted by Gasteiger charge is 2.51. The molecule has 1 N–H and O–H groups in total. The van der Waals surface area contributed by atoms with Crippen LogP contribution in [0, 0.1) is 0 Å². The molecule has 192 valence electrons. The average molecular weight is 525 g/mol. The number of ether oxygens (including phenoxy) is 2. The molecule has 0 aromatic heterocycles. The van der Waals surface area contributed by atoms with Crippen molar-refractivity contribution >= 4 is 10.1 Å². The molecule has 0 amide bonds. The maximum absolute atomic E-state index is 12.9. The summed E-state index contributed by atoms with van der Waals surface area (Å²) in [5.41, 5.74) is -5.79. The van der Waals surface area contributed by atoms with Crippen molar-refractivity contribution in [3.05, 3.63) is 59.7 Å². The summed E-state index contributed by atoms with van der Waals surface area (Å²) in [6.07, 6.45) is -3.53. The molecule has 3 atom stereocenters. The molecular weight excluding hydrogens is 504 g/mol. The van der Waals surface area contributed by atoms with Crippen molar-refractivity contribution in [1.29, 1.82) is 0 Å². The minimum atomic E-state index is -6.05. The molecule has 2 saturated heterocycles. The van der Waals surface area contributed by atoms with E-state index in [2.05, 4.69) is 14.2 Å². The van der Waals surface area contributed by atoms with Crippen LogP contribution in [0.2, 0.25) is 0 Å². The largest absolute Gasteiger partial charge is 0.573 e. The zero-order chi connectivity index (χ0) is 25.5. The lowest BCUT2D eigenvalue weighted by molar-refractivity contribution is -0.274. The molecule has 0 unspecified atom stereocenters. The first-order valence-corrected chi connectivity index (χ1v) is 12.0. The zero-order valence-corrected chi connectivity index (χ0v) is 18.8. The molecule has 2 aromatic rings. The predicted molar refractivity (Wildman–Crippen MR) is 111 cm³/mol. The number of halogens is 6. The van der Waals surface area contributed by atoms with Gasteiger partial charge >= 0.3 is 22.0 Å². The number of hydrogen-bond acceptors (Lipinski definition) is 6. The van der Waals surface area contributed by atoms with Crippen LogP contribution >= 0.6 is 0 Å². The lowest BCUT2D eigenvalue weighted by atomic mass is 9.77. The van der Waals surface area contributed by atoms with Crippen LogP contribution < -0.4 is 14.2 Å². The minimum Gasteiger partial charge on any atom is -0.406 e. The molecule has 2 aliphatic rings. The quantitative estimate of drug-likeness (QED) is 0.330. The van der Waals surface area contributed by atoms with Gasteiger partial charge in [0.15, 0.2) is 0 Å². The van der Waals surface area contributed by atoms with Gasteiger partial charge in [-0.25, -0.2) is 0 Å². The van der Waals surface area contributed by atoms with E-state index in [0.717, 1.165) is 24.1 Å². The summed E-state index contributed by atoms with van der Waals surface area (Å²) in [6.45, 7) is 0.630. The Bertz CT molecular complexity index is 1160. The Hall–Kier alpha value is -2.51. The van der Waals surface area contributed by atoms with Crippen LogP contribution in [-0.2, 0) is 14.9 Å². The van der Waals surface area contributed by atoms with Gasteiger partial charge in [-0.3, -0.25) is 0 Å². The number of hydrogen-bond donors (Lipinski definition) is 1. The van der Waals surface area contributed by atoms with Crippen molar-refractivity contribution in [1.82, 2.24) is 5.32 Å². The Morgan fingerprint density at radius 3 is 2.40 bits per heavy atom. The summed E-state index contributed by atoms with van der Waals surface area (Å²) in [7, 11) is -6.05. The van der Waals surface area contributed by atoms with E-state index in [4.69, 9.17) is 4.74 Å². The molecule has 6 nitrogen and oxygen atoms in total. The summed E-state index contributed by atoms with van der Waals surface area (Å²) < 4.78 is 115. The Balaban J connectivity index is 1.70. The molecule has 35 heavy (non-hydrogen) atoms. The molecule has 0 radical (unpaired) electrons. The molecule has 0 saturated carbocycles. The van der Waals surface area contributed by atoms with E-state index < -0.39 is 45.0 Å². The Morgan fingerprint density at radius 1 is 1.03 bits per heavy atom. The topological polar surface area (TPSA) is 73.9 Å². The van der Waals surface area contributed by atoms with E-state index in [1.807, 2.05) is 30.3 Å². The Labute approximate surface area is 197 Å². The summed E-state index contributed by atoms with van der Waals surface area (Å²) in [5, 5.41) is 3.38. The highest BCUT2D eigenvalue weighted by atomic mass is 32.2. The zero-order valence-electron chi connectivity index (χ0n) is 18.0. The summed E-state index contributed by atoms with van der Waals surface area (Å²) >= 11 is 0. The number of benzene rings is 2. The van der Waals surface area contributed by atoms with Crippen molar-refractivity contribution < 1.29 is 48.4 Å². The molecular formula is C22H21F6NO5S. The second-order valence-electron chi connectivity index (χ2n) is 8.41. The van der Waals surface area contributed by atoms with Gasteiger partial charge in [-0.2, -0.15) is 21.6 Å². The van der Waals surface area contributed by atoms with Gasteiger partial charge in [0.25, 0.3) is 0 Å². The van der Waals surface area contributed by atoms with Crippen molar-refractivity contribution in [2.75, 3.05) is 13.2 Å². The summed E-state index contributed by atoms with van der Waals surface area (Å²) in [5.74, 6) is -2.20. The third-order valence-corrected chi connectivity index (χ3v) is 7.05. The average Bonchev–Trinajstić information content (AvgIpc) is 3.17. The van der Waals surface area contributed by atoms with Gasteiger partial charge in [0.1, 0.15) is 11.5 Å². The van der Waals surface area contributed by atoms with Gasteiger partial charge in [-0.15, -0.1) is 13.2 Å². The molecule has 1 spiro atoms. The van der Waals surface area contributed by atoms with Crippen molar-refractivity contribution in [2.45, 2.75) is 48.7 Å². The van der Waals surface area contributed by atoms with E-state index in [9.17, 15) is 34.8 Å². The summed E-state index contributed by atoms with van der Waals surface area (Å²) in [4.78, 5) is 0. The predicted octanol–water partition coefficient (Wildman–Crippen LogP) is 5.18. The monoisotopic (exact) mass is 525 g/mol. The van der Waals surface area contributed by atoms with Crippen LogP contribution in [-0.4, -0.2) is 39.0 Å². The Kier molecular flexibility index (Phi) is 6.70. The van der Waals surface area contributed by atoms with Gasteiger partial charge in [-0.05, 0) is 49.6 Å². The molecule has 2 aromatic carbocycles. The lowest BCUT2D eigenvalue weighted by Gasteiger charge is -2.41. The smallest absolute Gasteiger partial charge is 0.406 e. The van der Waals surface area contributed by atoms with E-state index in [1.165, 1.54) is 0 Å². The second-order valence-corrected chi connectivity index (χ2v) is 9.95. The standard InChI is InChI=1S/C22H21F6NO5S/c23-21(24,25)33-16-7-8-18(34-35(30,31)22(26,27)28)17(11-16)15-12-20(32-13-15)9-4-10-29-19(20)14-5-2-1-3-6-14/h1-3,5-8,11,15,19,29H,4,9-10,12-13H2/t15-,19+,20-/m1/s1. The van der Waals surface area contributed by atoms with E-state index in [1.54, 1.807) is 0 Å². The van der Waals surface area contributed by atoms with E-state index >= 15 is 0 Å². The molecule has 13 heteroatoms. The van der Waals surface area contributed by atoms with Crippen molar-refractivity contribution in [2.24, 2.45) is 0 Å². The van der Waals surface area contributed by atoms with Gasteiger partial charge in [0.2, 0.25) is 0 Å². The minimum absolute atomic E-state index is 0.0666. The first-order chi connectivity index (χ1) is 16.3. The highest BCUT2D eigenvalue weighted by Crippen LogP contribution is 2.50. The van der Waals surface area contributed by atoms with Gasteiger partial charge < -0.3 is 19.0 Å². The number of piperidine rings is 1. The Morgan fingerprint density at radius 2 is 1.74 bits per heavy atom. The number of nitrogens with one attached hydrogen (secondary N) is 1. The van der Waals surface area contributed by atoms with Crippen LogP contribution in [0.15, 0.2) is 48.5 Å². The maximum atomic E-state index is 12.9. The van der Waals surface area contributed by atoms with Gasteiger partial charge in [0.05, 0.1) is 18.2 Å². The summed E-state index contributed by atoms with van der Waals surface area (Å²) in [6, 6.07) is 11.3. The molecule has 0 bridgehead atoms. The van der Waals surface area contributed by atoms with E-state index in [0.29, 0.717) is 19.0 Å². The molecule has 4 rings (SSSR count). The maximum Gasteiger partial charge on any atom is 0.573 e. The van der Waals surface area contributed by atoms with Crippen molar-refractivity contribution in [3.63, 3.8) is 0 Å². The lowest BCUT2D eigenvalue weighted by Crippen LogP contribution is -2.48. The van der Waals surface area contributed by atoms with E-state index in [-0.39, 0.29) is 24.6 Å². The highest BCUT2D eigenvalue weighted by molar-refractivity contribution is 7.88. The number of alkyl halides is 6. The van der Waals surface area contributed by atoms with Crippen LogP contribution in [0.25, 0.3) is 0 Å². The molecule has 2 aliphatic heterocycles. The third-order valence-electron chi connectivity index (χ3n) is 6.09.